The fraction of sp³-hybridized carbons (Fsp3) is 0.588. The van der Waals surface area contributed by atoms with E-state index in [9.17, 15) is 14.3 Å². The number of aliphatic hydroxyl groups is 1. The molecular formula is C17H23ClFNO3. The summed E-state index contributed by atoms with van der Waals surface area (Å²) in [7, 11) is 0. The van der Waals surface area contributed by atoms with Crippen molar-refractivity contribution in [2.75, 3.05) is 13.2 Å². The van der Waals surface area contributed by atoms with Crippen molar-refractivity contribution in [2.45, 2.75) is 44.6 Å². The number of ether oxygens (including phenoxy) is 1. The van der Waals surface area contributed by atoms with E-state index in [1.807, 2.05) is 0 Å². The van der Waals surface area contributed by atoms with Gasteiger partial charge in [0.15, 0.2) is 6.61 Å². The van der Waals surface area contributed by atoms with Gasteiger partial charge < -0.3 is 15.2 Å². The summed E-state index contributed by atoms with van der Waals surface area (Å²) < 4.78 is 18.3. The van der Waals surface area contributed by atoms with Crippen LogP contribution in [0.2, 0.25) is 5.02 Å². The van der Waals surface area contributed by atoms with Crippen molar-refractivity contribution >= 4 is 17.5 Å². The van der Waals surface area contributed by atoms with Gasteiger partial charge in [-0.25, -0.2) is 4.39 Å². The molecular weight excluding hydrogens is 321 g/mol. The van der Waals surface area contributed by atoms with Gasteiger partial charge in [0.05, 0.1) is 11.1 Å². The molecule has 0 aliphatic heterocycles. The normalized spacial score (nSPS) is 21.0. The van der Waals surface area contributed by atoms with Crippen LogP contribution in [0.25, 0.3) is 0 Å². The Kier molecular flexibility index (Phi) is 7.12. The van der Waals surface area contributed by atoms with E-state index in [2.05, 4.69) is 5.32 Å². The molecule has 1 aromatic carbocycles. The Labute approximate surface area is 141 Å². The van der Waals surface area contributed by atoms with E-state index in [1.165, 1.54) is 24.6 Å². The lowest BCUT2D eigenvalue weighted by Gasteiger charge is -2.27. The molecule has 1 aromatic rings. The zero-order valence-corrected chi connectivity index (χ0v) is 13.8. The number of hydrogen-bond donors (Lipinski definition) is 2. The van der Waals surface area contributed by atoms with Crippen molar-refractivity contribution in [1.29, 1.82) is 0 Å². The third-order valence-electron chi connectivity index (χ3n) is 4.20. The molecule has 0 aromatic heterocycles. The first kappa shape index (κ1) is 18.0. The van der Waals surface area contributed by atoms with Gasteiger partial charge in [0.25, 0.3) is 5.91 Å². The zero-order valence-electron chi connectivity index (χ0n) is 13.1. The van der Waals surface area contributed by atoms with Gasteiger partial charge in [0.1, 0.15) is 11.6 Å². The standard InChI is InChI=1S/C17H23ClFNO3/c18-14-10-13(7-8-15(14)19)23-11-17(22)20-9-3-5-12-4-1-2-6-16(12)21/h7-8,10,12,16,21H,1-6,9,11H2,(H,20,22)/t12-,16-/m1/s1. The van der Waals surface area contributed by atoms with E-state index in [1.54, 1.807) is 0 Å². The summed E-state index contributed by atoms with van der Waals surface area (Å²) in [6.45, 7) is 0.434. The number of nitrogens with one attached hydrogen (secondary N) is 1. The number of carbonyl (C=O) groups excluding carboxylic acids is 1. The van der Waals surface area contributed by atoms with Crippen LogP contribution in [0, 0.1) is 11.7 Å². The molecule has 1 saturated carbocycles. The second-order valence-electron chi connectivity index (χ2n) is 5.97. The first-order chi connectivity index (χ1) is 11.1. The molecule has 1 fully saturated rings. The smallest absolute Gasteiger partial charge is 0.257 e. The summed E-state index contributed by atoms with van der Waals surface area (Å²) in [5.74, 6) is -0.0295. The third kappa shape index (κ3) is 5.99. The molecule has 1 aliphatic carbocycles. The SMILES string of the molecule is O=C(COc1ccc(F)c(Cl)c1)NCCC[C@H]1CCCC[C@H]1O. The van der Waals surface area contributed by atoms with Gasteiger partial charge in [-0.3, -0.25) is 4.79 Å². The van der Waals surface area contributed by atoms with Crippen molar-refractivity contribution in [3.63, 3.8) is 0 Å². The summed E-state index contributed by atoms with van der Waals surface area (Å²) in [5, 5.41) is 12.6. The highest BCUT2D eigenvalue weighted by Crippen LogP contribution is 2.27. The number of rotatable bonds is 7. The summed E-state index contributed by atoms with van der Waals surface area (Å²) in [6, 6.07) is 3.97. The minimum Gasteiger partial charge on any atom is -0.484 e. The van der Waals surface area contributed by atoms with Crippen LogP contribution in [0.3, 0.4) is 0 Å². The van der Waals surface area contributed by atoms with Gasteiger partial charge in [-0.2, -0.15) is 0 Å². The van der Waals surface area contributed by atoms with E-state index in [0.717, 1.165) is 32.1 Å². The maximum atomic E-state index is 13.0. The topological polar surface area (TPSA) is 58.6 Å². The minimum atomic E-state index is -0.520. The molecule has 0 spiro atoms. The Morgan fingerprint density at radius 2 is 2.17 bits per heavy atom. The molecule has 2 atom stereocenters. The number of amides is 1. The monoisotopic (exact) mass is 343 g/mol. The third-order valence-corrected chi connectivity index (χ3v) is 4.49. The second kappa shape index (κ2) is 9.08. The Balaban J connectivity index is 1.60. The maximum Gasteiger partial charge on any atom is 0.257 e. The van der Waals surface area contributed by atoms with Gasteiger partial charge in [-0.1, -0.05) is 24.4 Å². The van der Waals surface area contributed by atoms with Crippen LogP contribution in [0.5, 0.6) is 5.75 Å². The lowest BCUT2D eigenvalue weighted by Crippen LogP contribution is -2.31. The van der Waals surface area contributed by atoms with E-state index in [-0.39, 0.29) is 23.6 Å². The fourth-order valence-corrected chi connectivity index (χ4v) is 3.05. The summed E-state index contributed by atoms with van der Waals surface area (Å²) in [6.07, 6.45) is 5.84. The first-order valence-electron chi connectivity index (χ1n) is 8.09. The number of hydrogen-bond acceptors (Lipinski definition) is 3. The van der Waals surface area contributed by atoms with E-state index in [4.69, 9.17) is 16.3 Å². The highest BCUT2D eigenvalue weighted by Gasteiger charge is 2.22. The number of aliphatic hydroxyl groups excluding tert-OH is 1. The van der Waals surface area contributed by atoms with Gasteiger partial charge in [-0.15, -0.1) is 0 Å². The van der Waals surface area contributed by atoms with Crippen LogP contribution in [-0.4, -0.2) is 30.3 Å². The number of carbonyl (C=O) groups is 1. The minimum absolute atomic E-state index is 0.0334. The first-order valence-corrected chi connectivity index (χ1v) is 8.46. The molecule has 1 aliphatic rings. The predicted octanol–water partition coefficient (Wildman–Crippen LogP) is 3.31. The van der Waals surface area contributed by atoms with Crippen LogP contribution >= 0.6 is 11.6 Å². The molecule has 1 amide bonds. The van der Waals surface area contributed by atoms with E-state index >= 15 is 0 Å². The van der Waals surface area contributed by atoms with E-state index in [0.29, 0.717) is 18.2 Å². The molecule has 0 bridgehead atoms. The van der Waals surface area contributed by atoms with Crippen molar-refractivity contribution in [3.05, 3.63) is 29.0 Å². The second-order valence-corrected chi connectivity index (χ2v) is 6.38. The lowest BCUT2D eigenvalue weighted by atomic mass is 9.83. The van der Waals surface area contributed by atoms with Crippen LogP contribution in [-0.2, 0) is 4.79 Å². The van der Waals surface area contributed by atoms with E-state index < -0.39 is 5.82 Å². The zero-order chi connectivity index (χ0) is 16.7. The Morgan fingerprint density at radius 1 is 1.39 bits per heavy atom. The van der Waals surface area contributed by atoms with Crippen molar-refractivity contribution < 1.29 is 19.0 Å². The number of benzene rings is 1. The van der Waals surface area contributed by atoms with Crippen LogP contribution in [0.4, 0.5) is 4.39 Å². The molecule has 2 N–H and O–H groups in total. The van der Waals surface area contributed by atoms with Crippen LogP contribution in [0.1, 0.15) is 38.5 Å². The van der Waals surface area contributed by atoms with Crippen molar-refractivity contribution in [1.82, 2.24) is 5.32 Å². The lowest BCUT2D eigenvalue weighted by molar-refractivity contribution is -0.123. The molecule has 4 nitrogen and oxygen atoms in total. The van der Waals surface area contributed by atoms with Crippen LogP contribution in [0.15, 0.2) is 18.2 Å². The highest BCUT2D eigenvalue weighted by molar-refractivity contribution is 6.30. The molecule has 128 valence electrons. The number of halogens is 2. The van der Waals surface area contributed by atoms with Gasteiger partial charge in [-0.05, 0) is 43.7 Å². The molecule has 0 heterocycles. The summed E-state index contributed by atoms with van der Waals surface area (Å²) in [5.41, 5.74) is 0. The predicted molar refractivity (Wildman–Crippen MR) is 87.1 cm³/mol. The Bertz CT molecular complexity index is 527. The maximum absolute atomic E-state index is 13.0. The fourth-order valence-electron chi connectivity index (χ4n) is 2.88. The van der Waals surface area contributed by atoms with Crippen molar-refractivity contribution in [2.24, 2.45) is 5.92 Å². The molecule has 0 radical (unpaired) electrons. The molecule has 0 saturated heterocycles. The van der Waals surface area contributed by atoms with Crippen LogP contribution < -0.4 is 10.1 Å². The molecule has 23 heavy (non-hydrogen) atoms. The average Bonchev–Trinajstić information content (AvgIpc) is 2.54. The molecule has 2 rings (SSSR count). The van der Waals surface area contributed by atoms with Crippen molar-refractivity contribution in [3.8, 4) is 5.75 Å². The van der Waals surface area contributed by atoms with Gasteiger partial charge >= 0.3 is 0 Å². The van der Waals surface area contributed by atoms with Gasteiger partial charge in [0, 0.05) is 12.6 Å². The van der Waals surface area contributed by atoms with Gasteiger partial charge in [0.2, 0.25) is 0 Å². The summed E-state index contributed by atoms with van der Waals surface area (Å²) in [4.78, 5) is 11.7. The molecule has 0 unspecified atom stereocenters. The highest BCUT2D eigenvalue weighted by atomic mass is 35.5. The Hall–Kier alpha value is -1.33. The quantitative estimate of drug-likeness (QED) is 0.747. The Morgan fingerprint density at radius 3 is 2.91 bits per heavy atom. The molecule has 6 heteroatoms. The average molecular weight is 344 g/mol. The largest absolute Gasteiger partial charge is 0.484 e. The summed E-state index contributed by atoms with van der Waals surface area (Å²) >= 11 is 5.64.